The van der Waals surface area contributed by atoms with Gasteiger partial charge in [-0.25, -0.2) is 0 Å². The van der Waals surface area contributed by atoms with Gasteiger partial charge in [0.2, 0.25) is 5.91 Å². The van der Waals surface area contributed by atoms with Crippen LogP contribution in [0.25, 0.3) is 0 Å². The summed E-state index contributed by atoms with van der Waals surface area (Å²) in [4.78, 5) is 18.7. The van der Waals surface area contributed by atoms with Crippen LogP contribution in [0.5, 0.6) is 0 Å². The van der Waals surface area contributed by atoms with Gasteiger partial charge in [0.05, 0.1) is 0 Å². The van der Waals surface area contributed by atoms with Crippen LogP contribution in [0.15, 0.2) is 29.3 Å². The number of hydrogen-bond acceptors (Lipinski definition) is 3. The Morgan fingerprint density at radius 3 is 2.55 bits per heavy atom. The van der Waals surface area contributed by atoms with E-state index in [1.54, 1.807) is 7.05 Å². The van der Waals surface area contributed by atoms with E-state index < -0.39 is 0 Å². The number of rotatable bonds is 8. The van der Waals surface area contributed by atoms with Gasteiger partial charge in [0.25, 0.3) is 0 Å². The molecule has 0 spiro atoms. The Kier molecular flexibility index (Phi) is 11.6. The first-order chi connectivity index (χ1) is 13.4. The normalized spacial score (nSPS) is 15.4. The standard InChI is InChI=1S/C22H37N5O.HI/c1-5-10-20(28)26-19-12-9-11-18(15-19)16-24-21(23-4)25-17-22(2,3)27-13-7-6-8-14-27;/h9,11-12,15H,5-8,10,13-14,16-17H2,1-4H3,(H,26,28)(H2,23,24,25);1H. The van der Waals surface area contributed by atoms with Crippen molar-refractivity contribution in [1.82, 2.24) is 15.5 Å². The summed E-state index contributed by atoms with van der Waals surface area (Å²) in [7, 11) is 1.80. The van der Waals surface area contributed by atoms with E-state index in [4.69, 9.17) is 0 Å². The molecule has 0 radical (unpaired) electrons. The highest BCUT2D eigenvalue weighted by atomic mass is 127. The largest absolute Gasteiger partial charge is 0.355 e. The number of carbonyl (C=O) groups excluding carboxylic acids is 1. The molecule has 164 valence electrons. The summed E-state index contributed by atoms with van der Waals surface area (Å²) in [5.41, 5.74) is 2.04. The fourth-order valence-corrected chi connectivity index (χ4v) is 3.53. The third-order valence-electron chi connectivity index (χ3n) is 5.27. The summed E-state index contributed by atoms with van der Waals surface area (Å²) in [6, 6.07) is 7.94. The lowest BCUT2D eigenvalue weighted by atomic mass is 9.98. The van der Waals surface area contributed by atoms with Gasteiger partial charge < -0.3 is 16.0 Å². The number of hydrogen-bond donors (Lipinski definition) is 3. The minimum Gasteiger partial charge on any atom is -0.355 e. The van der Waals surface area contributed by atoms with E-state index in [1.165, 1.54) is 32.4 Å². The molecule has 0 bridgehead atoms. The molecule has 1 aliphatic rings. The van der Waals surface area contributed by atoms with Crippen molar-refractivity contribution in [3.05, 3.63) is 29.8 Å². The molecule has 1 fully saturated rings. The van der Waals surface area contributed by atoms with Crippen LogP contribution < -0.4 is 16.0 Å². The van der Waals surface area contributed by atoms with Gasteiger partial charge in [0.15, 0.2) is 5.96 Å². The van der Waals surface area contributed by atoms with Gasteiger partial charge in [-0.3, -0.25) is 14.7 Å². The summed E-state index contributed by atoms with van der Waals surface area (Å²) in [6.45, 7) is 10.4. The van der Waals surface area contributed by atoms with Gasteiger partial charge in [0, 0.05) is 37.8 Å². The monoisotopic (exact) mass is 515 g/mol. The third-order valence-corrected chi connectivity index (χ3v) is 5.27. The lowest BCUT2D eigenvalue weighted by Gasteiger charge is -2.41. The molecule has 29 heavy (non-hydrogen) atoms. The quantitative estimate of drug-likeness (QED) is 0.279. The second-order valence-corrected chi connectivity index (χ2v) is 8.14. The minimum atomic E-state index is 0. The third kappa shape index (κ3) is 8.90. The Morgan fingerprint density at radius 2 is 1.90 bits per heavy atom. The van der Waals surface area contributed by atoms with E-state index in [0.717, 1.165) is 30.2 Å². The van der Waals surface area contributed by atoms with Crippen LogP contribution in [0, 0.1) is 0 Å². The van der Waals surface area contributed by atoms with Crippen molar-refractivity contribution in [2.75, 3.05) is 32.0 Å². The number of guanidine groups is 1. The van der Waals surface area contributed by atoms with Crippen LogP contribution >= 0.6 is 24.0 Å². The SMILES string of the molecule is CCCC(=O)Nc1cccc(CNC(=NC)NCC(C)(C)N2CCCCC2)c1.I. The van der Waals surface area contributed by atoms with Crippen LogP contribution in [0.3, 0.4) is 0 Å². The molecule has 1 aromatic rings. The average molecular weight is 515 g/mol. The van der Waals surface area contributed by atoms with Crippen LogP contribution in [-0.2, 0) is 11.3 Å². The fraction of sp³-hybridized carbons (Fsp3) is 0.636. The number of anilines is 1. The molecule has 7 heteroatoms. The Morgan fingerprint density at radius 1 is 1.17 bits per heavy atom. The van der Waals surface area contributed by atoms with Crippen LogP contribution in [-0.4, -0.2) is 49.0 Å². The highest BCUT2D eigenvalue weighted by Crippen LogP contribution is 2.19. The molecule has 2 rings (SSSR count). The van der Waals surface area contributed by atoms with Crippen molar-refractivity contribution in [1.29, 1.82) is 0 Å². The van der Waals surface area contributed by atoms with Crippen LogP contribution in [0.2, 0.25) is 0 Å². The van der Waals surface area contributed by atoms with Crippen LogP contribution in [0.4, 0.5) is 5.69 Å². The molecule has 6 nitrogen and oxygen atoms in total. The van der Waals surface area contributed by atoms with Crippen molar-refractivity contribution >= 4 is 41.5 Å². The Bertz CT molecular complexity index is 656. The molecular formula is C22H38IN5O. The number of piperidine rings is 1. The van der Waals surface area contributed by atoms with Gasteiger partial charge in [-0.05, 0) is 63.9 Å². The molecule has 0 aromatic heterocycles. The predicted molar refractivity (Wildman–Crippen MR) is 133 cm³/mol. The Balaban J connectivity index is 0.00000420. The Labute approximate surface area is 193 Å². The lowest BCUT2D eigenvalue weighted by Crippen LogP contribution is -2.54. The number of nitrogens with one attached hydrogen (secondary N) is 3. The lowest BCUT2D eigenvalue weighted by molar-refractivity contribution is -0.116. The van der Waals surface area contributed by atoms with E-state index in [-0.39, 0.29) is 35.4 Å². The van der Waals surface area contributed by atoms with E-state index in [0.29, 0.717) is 13.0 Å². The second-order valence-electron chi connectivity index (χ2n) is 8.14. The molecule has 1 aromatic carbocycles. The second kappa shape index (κ2) is 13.1. The molecule has 0 atom stereocenters. The molecule has 1 amide bonds. The smallest absolute Gasteiger partial charge is 0.224 e. The van der Waals surface area contributed by atoms with E-state index in [1.807, 2.05) is 31.2 Å². The van der Waals surface area contributed by atoms with E-state index in [9.17, 15) is 4.79 Å². The first-order valence-corrected chi connectivity index (χ1v) is 10.5. The van der Waals surface area contributed by atoms with Crippen LogP contribution in [0.1, 0.15) is 58.4 Å². The van der Waals surface area contributed by atoms with Gasteiger partial charge in [-0.15, -0.1) is 24.0 Å². The fourth-order valence-electron chi connectivity index (χ4n) is 3.53. The van der Waals surface area contributed by atoms with Crippen molar-refractivity contribution in [2.45, 2.75) is 65.0 Å². The van der Waals surface area contributed by atoms with Gasteiger partial charge in [-0.2, -0.15) is 0 Å². The summed E-state index contributed by atoms with van der Waals surface area (Å²) >= 11 is 0. The number of likely N-dealkylation sites (tertiary alicyclic amines) is 1. The number of nitrogens with zero attached hydrogens (tertiary/aromatic N) is 2. The first kappa shape index (κ1) is 25.7. The number of benzene rings is 1. The molecule has 1 aliphatic heterocycles. The highest BCUT2D eigenvalue weighted by Gasteiger charge is 2.27. The van der Waals surface area contributed by atoms with Crippen molar-refractivity contribution < 1.29 is 4.79 Å². The summed E-state index contributed by atoms with van der Waals surface area (Å²) in [5.74, 6) is 0.857. The number of halogens is 1. The van der Waals surface area contributed by atoms with Crippen molar-refractivity contribution in [3.8, 4) is 0 Å². The molecular weight excluding hydrogens is 477 g/mol. The van der Waals surface area contributed by atoms with E-state index >= 15 is 0 Å². The van der Waals surface area contributed by atoms with Crippen molar-refractivity contribution in [2.24, 2.45) is 4.99 Å². The minimum absolute atomic E-state index is 0. The zero-order valence-corrected chi connectivity index (χ0v) is 20.7. The maximum Gasteiger partial charge on any atom is 0.224 e. The molecule has 3 N–H and O–H groups in total. The number of aliphatic imine (C=N–C) groups is 1. The number of amides is 1. The predicted octanol–water partition coefficient (Wildman–Crippen LogP) is 3.97. The molecule has 0 unspecified atom stereocenters. The maximum absolute atomic E-state index is 11.8. The average Bonchev–Trinajstić information content (AvgIpc) is 2.69. The maximum atomic E-state index is 11.8. The van der Waals surface area contributed by atoms with Gasteiger partial charge in [-0.1, -0.05) is 25.5 Å². The molecule has 1 heterocycles. The molecule has 0 saturated carbocycles. The molecule has 1 saturated heterocycles. The summed E-state index contributed by atoms with van der Waals surface area (Å²) in [6.07, 6.45) is 5.33. The van der Waals surface area contributed by atoms with Crippen molar-refractivity contribution in [3.63, 3.8) is 0 Å². The zero-order chi connectivity index (χ0) is 20.4. The van der Waals surface area contributed by atoms with E-state index in [2.05, 4.69) is 39.7 Å². The Hall–Kier alpha value is -1.35. The highest BCUT2D eigenvalue weighted by molar-refractivity contribution is 14.0. The topological polar surface area (TPSA) is 68.8 Å². The number of carbonyl (C=O) groups is 1. The van der Waals surface area contributed by atoms with Gasteiger partial charge in [0.1, 0.15) is 0 Å². The van der Waals surface area contributed by atoms with Gasteiger partial charge >= 0.3 is 0 Å². The first-order valence-electron chi connectivity index (χ1n) is 10.5. The zero-order valence-electron chi connectivity index (χ0n) is 18.4. The summed E-state index contributed by atoms with van der Waals surface area (Å²) in [5, 5.41) is 9.79. The molecule has 0 aliphatic carbocycles. The summed E-state index contributed by atoms with van der Waals surface area (Å²) < 4.78 is 0.